The van der Waals surface area contributed by atoms with Gasteiger partial charge in [0.25, 0.3) is 0 Å². The van der Waals surface area contributed by atoms with Crippen molar-refractivity contribution in [3.63, 3.8) is 0 Å². The van der Waals surface area contributed by atoms with E-state index >= 15 is 0 Å². The first kappa shape index (κ1) is 31.9. The summed E-state index contributed by atoms with van der Waals surface area (Å²) < 4.78 is 8.89. The zero-order chi connectivity index (χ0) is 37.0. The lowest BCUT2D eigenvalue weighted by atomic mass is 9.98. The van der Waals surface area contributed by atoms with Gasteiger partial charge in [0.1, 0.15) is 11.2 Å². The van der Waals surface area contributed by atoms with Gasteiger partial charge in [-0.3, -0.25) is 0 Å². The number of hydrogen-bond acceptors (Lipinski definition) is 4. The van der Waals surface area contributed by atoms with E-state index in [0.29, 0.717) is 17.5 Å². The van der Waals surface area contributed by atoms with Crippen LogP contribution in [0.5, 0.6) is 0 Å². The molecule has 0 radical (unpaired) electrons. The van der Waals surface area contributed by atoms with Gasteiger partial charge in [0.05, 0.1) is 16.7 Å². The van der Waals surface area contributed by atoms with Gasteiger partial charge in [-0.1, -0.05) is 164 Å². The van der Waals surface area contributed by atoms with Crippen LogP contribution in [0.15, 0.2) is 199 Å². The van der Waals surface area contributed by atoms with E-state index in [2.05, 4.69) is 126 Å². The molecule has 3 aromatic heterocycles. The highest BCUT2D eigenvalue weighted by atomic mass is 16.3. The van der Waals surface area contributed by atoms with Crippen LogP contribution in [-0.2, 0) is 0 Å². The molecule has 3 heterocycles. The second-order valence-corrected chi connectivity index (χ2v) is 14.0. The molecule has 56 heavy (non-hydrogen) atoms. The average molecular weight is 717 g/mol. The number of para-hydroxylation sites is 4. The summed E-state index contributed by atoms with van der Waals surface area (Å²) in [5.41, 5.74) is 12.1. The van der Waals surface area contributed by atoms with Crippen molar-refractivity contribution in [3.8, 4) is 62.1 Å². The van der Waals surface area contributed by atoms with Crippen molar-refractivity contribution in [2.75, 3.05) is 0 Å². The zero-order valence-electron chi connectivity index (χ0n) is 30.2. The number of benzene rings is 8. The van der Waals surface area contributed by atoms with Gasteiger partial charge in [0.2, 0.25) is 0 Å². The molecule has 0 N–H and O–H groups in total. The molecule has 8 aromatic carbocycles. The summed E-state index contributed by atoms with van der Waals surface area (Å²) in [5.74, 6) is 1.85. The Labute approximate surface area is 322 Å². The Morgan fingerprint density at radius 1 is 0.339 bits per heavy atom. The maximum atomic E-state index is 6.50. The molecule has 11 aromatic rings. The second kappa shape index (κ2) is 13.0. The largest absolute Gasteiger partial charge is 0.455 e. The molecule has 0 unspecified atom stereocenters. The van der Waals surface area contributed by atoms with Crippen LogP contribution in [-0.4, -0.2) is 19.5 Å². The number of aromatic nitrogens is 4. The maximum Gasteiger partial charge on any atom is 0.166 e. The standard InChI is InChI=1S/C51H32N4O/c1-4-16-33(17-5-1)37-24-14-27-42(51-53-49(34-18-6-2-7-19-34)52-50(54-51)35-20-8-3-9-21-35)47(37)55-44-28-12-10-22-39(44)43-32-36(30-31-45(43)55)38-25-15-26-41-40-23-11-13-29-46(40)56-48(38)41/h1-32H. The average Bonchev–Trinajstić information content (AvgIpc) is 3.82. The van der Waals surface area contributed by atoms with Crippen LogP contribution >= 0.6 is 0 Å². The van der Waals surface area contributed by atoms with Gasteiger partial charge < -0.3 is 8.98 Å². The smallest absolute Gasteiger partial charge is 0.166 e. The van der Waals surface area contributed by atoms with Crippen LogP contribution in [0.1, 0.15) is 0 Å². The minimum absolute atomic E-state index is 0.601. The summed E-state index contributed by atoms with van der Waals surface area (Å²) in [6.45, 7) is 0. The minimum Gasteiger partial charge on any atom is -0.455 e. The molecule has 0 saturated carbocycles. The Morgan fingerprint density at radius 2 is 0.875 bits per heavy atom. The molecule has 5 nitrogen and oxygen atoms in total. The van der Waals surface area contributed by atoms with Gasteiger partial charge in [-0.15, -0.1) is 0 Å². The first-order chi connectivity index (χ1) is 27.8. The van der Waals surface area contributed by atoms with E-state index in [0.717, 1.165) is 88.4 Å². The summed E-state index contributed by atoms with van der Waals surface area (Å²) in [6, 6.07) is 67.4. The first-order valence-corrected chi connectivity index (χ1v) is 18.8. The summed E-state index contributed by atoms with van der Waals surface area (Å²) >= 11 is 0. The van der Waals surface area contributed by atoms with E-state index in [4.69, 9.17) is 19.4 Å². The molecule has 5 heteroatoms. The fraction of sp³-hybridized carbons (Fsp3) is 0. The molecule has 0 saturated heterocycles. The molecule has 0 bridgehead atoms. The number of furan rings is 1. The van der Waals surface area contributed by atoms with Crippen molar-refractivity contribution in [3.05, 3.63) is 194 Å². The fourth-order valence-electron chi connectivity index (χ4n) is 8.10. The number of rotatable bonds is 6. The number of fused-ring (bicyclic) bond motifs is 6. The Kier molecular flexibility index (Phi) is 7.42. The van der Waals surface area contributed by atoms with Crippen molar-refractivity contribution in [1.29, 1.82) is 0 Å². The van der Waals surface area contributed by atoms with E-state index in [1.54, 1.807) is 0 Å². The van der Waals surface area contributed by atoms with Crippen molar-refractivity contribution in [2.24, 2.45) is 0 Å². The van der Waals surface area contributed by atoms with Crippen LogP contribution in [0.4, 0.5) is 0 Å². The van der Waals surface area contributed by atoms with Crippen molar-refractivity contribution in [1.82, 2.24) is 19.5 Å². The Hall–Kier alpha value is -7.63. The van der Waals surface area contributed by atoms with E-state index in [-0.39, 0.29) is 0 Å². The highest BCUT2D eigenvalue weighted by molar-refractivity contribution is 6.14. The predicted molar refractivity (Wildman–Crippen MR) is 229 cm³/mol. The van der Waals surface area contributed by atoms with Gasteiger partial charge in [0, 0.05) is 49.4 Å². The molecule has 0 amide bonds. The van der Waals surface area contributed by atoms with Gasteiger partial charge >= 0.3 is 0 Å². The lowest BCUT2D eigenvalue weighted by molar-refractivity contribution is 0.670. The summed E-state index contributed by atoms with van der Waals surface area (Å²) in [7, 11) is 0. The van der Waals surface area contributed by atoms with Crippen LogP contribution in [0.25, 0.3) is 106 Å². The van der Waals surface area contributed by atoms with Gasteiger partial charge in [-0.05, 0) is 41.5 Å². The molecule has 262 valence electrons. The van der Waals surface area contributed by atoms with Crippen LogP contribution < -0.4 is 0 Å². The first-order valence-electron chi connectivity index (χ1n) is 18.8. The zero-order valence-corrected chi connectivity index (χ0v) is 30.2. The maximum absolute atomic E-state index is 6.50. The highest BCUT2D eigenvalue weighted by Crippen LogP contribution is 2.43. The Balaban J connectivity index is 1.20. The van der Waals surface area contributed by atoms with Crippen molar-refractivity contribution >= 4 is 43.7 Å². The van der Waals surface area contributed by atoms with Crippen LogP contribution in [0, 0.1) is 0 Å². The Morgan fingerprint density at radius 3 is 1.61 bits per heavy atom. The molecule has 0 aliphatic rings. The quantitative estimate of drug-likeness (QED) is 0.172. The van der Waals surface area contributed by atoms with Gasteiger partial charge in [0.15, 0.2) is 17.5 Å². The third-order valence-corrected chi connectivity index (χ3v) is 10.7. The van der Waals surface area contributed by atoms with Crippen LogP contribution in [0.3, 0.4) is 0 Å². The van der Waals surface area contributed by atoms with Crippen molar-refractivity contribution in [2.45, 2.75) is 0 Å². The Bertz CT molecular complexity index is 3180. The summed E-state index contributed by atoms with van der Waals surface area (Å²) in [5, 5.41) is 4.53. The molecule has 0 atom stereocenters. The molecule has 0 aliphatic carbocycles. The second-order valence-electron chi connectivity index (χ2n) is 14.0. The SMILES string of the molecule is c1ccc(-c2nc(-c3ccccc3)nc(-c3cccc(-c4ccccc4)c3-n3c4ccccc4c4cc(-c5cccc6c5oc5ccccc56)ccc43)n2)cc1. The third-order valence-electron chi connectivity index (χ3n) is 10.7. The number of hydrogen-bond donors (Lipinski definition) is 0. The summed E-state index contributed by atoms with van der Waals surface area (Å²) in [6.07, 6.45) is 0. The topological polar surface area (TPSA) is 56.7 Å². The normalized spacial score (nSPS) is 11.6. The van der Waals surface area contributed by atoms with Gasteiger partial charge in [-0.2, -0.15) is 0 Å². The van der Waals surface area contributed by atoms with E-state index in [9.17, 15) is 0 Å². The monoisotopic (exact) mass is 716 g/mol. The fourth-order valence-corrected chi connectivity index (χ4v) is 8.10. The molecule has 0 spiro atoms. The molecule has 11 rings (SSSR count). The van der Waals surface area contributed by atoms with Crippen LogP contribution in [0.2, 0.25) is 0 Å². The van der Waals surface area contributed by atoms with E-state index in [1.165, 1.54) is 0 Å². The summed E-state index contributed by atoms with van der Waals surface area (Å²) in [4.78, 5) is 15.4. The minimum atomic E-state index is 0.601. The van der Waals surface area contributed by atoms with E-state index < -0.39 is 0 Å². The molecular formula is C51H32N4O. The highest BCUT2D eigenvalue weighted by Gasteiger charge is 2.23. The van der Waals surface area contributed by atoms with Crippen molar-refractivity contribution < 1.29 is 4.42 Å². The van der Waals surface area contributed by atoms with E-state index in [1.807, 2.05) is 72.8 Å². The predicted octanol–water partition coefficient (Wildman–Crippen LogP) is 13.2. The third kappa shape index (κ3) is 5.21. The van der Waals surface area contributed by atoms with Gasteiger partial charge in [-0.25, -0.2) is 15.0 Å². The lowest BCUT2D eigenvalue weighted by Gasteiger charge is -2.19. The molecule has 0 aliphatic heterocycles. The lowest BCUT2D eigenvalue weighted by Crippen LogP contribution is -2.05. The molecule has 0 fully saturated rings. The number of nitrogens with zero attached hydrogens (tertiary/aromatic N) is 4. The molecular weight excluding hydrogens is 685 g/mol.